The van der Waals surface area contributed by atoms with Gasteiger partial charge in [0, 0.05) is 19.3 Å². The van der Waals surface area contributed by atoms with Gasteiger partial charge in [-0.05, 0) is 19.9 Å². The van der Waals surface area contributed by atoms with Crippen molar-refractivity contribution in [2.45, 2.75) is 19.9 Å². The van der Waals surface area contributed by atoms with E-state index >= 15 is 0 Å². The fourth-order valence-corrected chi connectivity index (χ4v) is 0.566. The minimum absolute atomic E-state index is 0.142. The lowest BCUT2D eigenvalue weighted by Gasteiger charge is -2.15. The van der Waals surface area contributed by atoms with E-state index < -0.39 is 0 Å². The highest BCUT2D eigenvalue weighted by Gasteiger charge is 2.00. The number of nitrogens with zero attached hydrogens (tertiary/aromatic N) is 2. The number of carbonyl (C=O) groups is 1. The van der Waals surface area contributed by atoms with Crippen molar-refractivity contribution in [1.82, 2.24) is 4.90 Å². The highest BCUT2D eigenvalue weighted by Crippen LogP contribution is 1.94. The van der Waals surface area contributed by atoms with E-state index in [2.05, 4.69) is 4.99 Å². The van der Waals surface area contributed by atoms with E-state index in [9.17, 15) is 4.79 Å². The predicted molar refractivity (Wildman–Crippen MR) is 49.7 cm³/mol. The van der Waals surface area contributed by atoms with Crippen LogP contribution in [0.15, 0.2) is 17.3 Å². The molecule has 1 amide bonds. The Hall–Kier alpha value is -1.32. The van der Waals surface area contributed by atoms with Crippen LogP contribution in [-0.2, 0) is 4.79 Å². The van der Waals surface area contributed by atoms with E-state index in [0.29, 0.717) is 5.84 Å². The fraction of sp³-hybridized carbons (Fsp3) is 0.500. The molecule has 0 unspecified atom stereocenters. The molecule has 0 aliphatic carbocycles. The summed E-state index contributed by atoms with van der Waals surface area (Å²) in [7, 11) is 1.60. The molecule has 0 saturated heterocycles. The predicted octanol–water partition coefficient (Wildman–Crippen LogP) is 0.354. The number of carbonyl (C=O) groups excluding carboxylic acids is 1. The Morgan fingerprint density at radius 2 is 2.17 bits per heavy atom. The van der Waals surface area contributed by atoms with E-state index in [1.807, 2.05) is 13.8 Å². The Bertz CT molecular complexity index is 196. The maximum atomic E-state index is 10.4. The molecule has 2 N–H and O–H groups in total. The summed E-state index contributed by atoms with van der Waals surface area (Å²) in [6.45, 7) is 3.83. The summed E-state index contributed by atoms with van der Waals surface area (Å²) in [4.78, 5) is 15.7. The third-order valence-corrected chi connectivity index (χ3v) is 1.39. The summed E-state index contributed by atoms with van der Waals surface area (Å²) >= 11 is 0. The molecule has 4 nitrogen and oxygen atoms in total. The molecule has 0 aliphatic heterocycles. The first-order chi connectivity index (χ1) is 5.61. The number of aliphatic imine (C=N–C) groups is 1. The monoisotopic (exact) mass is 169 g/mol. The molecular formula is C8H15N3O. The summed E-state index contributed by atoms with van der Waals surface area (Å²) in [6, 6.07) is 0.142. The van der Waals surface area contributed by atoms with Gasteiger partial charge in [0.25, 0.3) is 0 Å². The Balaban J connectivity index is 4.20. The van der Waals surface area contributed by atoms with E-state index in [1.165, 1.54) is 4.90 Å². The summed E-state index contributed by atoms with van der Waals surface area (Å²) in [5.41, 5.74) is 5.40. The maximum Gasteiger partial charge on any atom is 0.213 e. The molecule has 0 atom stereocenters. The SMILES string of the molecule is C/N=C(N)\C=C/N(C=O)C(C)C. The van der Waals surface area contributed by atoms with Gasteiger partial charge in [-0.25, -0.2) is 0 Å². The van der Waals surface area contributed by atoms with Crippen molar-refractivity contribution in [3.05, 3.63) is 12.3 Å². The maximum absolute atomic E-state index is 10.4. The number of amidine groups is 1. The molecule has 12 heavy (non-hydrogen) atoms. The summed E-state index contributed by atoms with van der Waals surface area (Å²) < 4.78 is 0. The van der Waals surface area contributed by atoms with Crippen LogP contribution in [0, 0.1) is 0 Å². The molecule has 4 heteroatoms. The molecule has 0 bridgehead atoms. The molecule has 0 aromatic rings. The van der Waals surface area contributed by atoms with Gasteiger partial charge in [0.15, 0.2) is 0 Å². The zero-order valence-electron chi connectivity index (χ0n) is 7.69. The minimum Gasteiger partial charge on any atom is -0.384 e. The summed E-state index contributed by atoms with van der Waals surface area (Å²) in [5.74, 6) is 0.405. The Labute approximate surface area is 72.8 Å². The third-order valence-electron chi connectivity index (χ3n) is 1.39. The molecule has 0 aromatic heterocycles. The minimum atomic E-state index is 0.142. The number of amides is 1. The van der Waals surface area contributed by atoms with Gasteiger partial charge in [0.05, 0.1) is 0 Å². The molecule has 0 saturated carbocycles. The summed E-state index contributed by atoms with van der Waals surface area (Å²) in [5, 5.41) is 0. The molecule has 0 aromatic carbocycles. The van der Waals surface area contributed by atoms with Gasteiger partial charge in [-0.3, -0.25) is 9.79 Å². The van der Waals surface area contributed by atoms with Crippen LogP contribution in [-0.4, -0.2) is 30.2 Å². The average Bonchev–Trinajstić information content (AvgIpc) is 2.04. The van der Waals surface area contributed by atoms with E-state index in [1.54, 1.807) is 19.3 Å². The van der Waals surface area contributed by atoms with E-state index in [-0.39, 0.29) is 6.04 Å². The van der Waals surface area contributed by atoms with Crippen LogP contribution in [0.2, 0.25) is 0 Å². The highest BCUT2D eigenvalue weighted by molar-refractivity contribution is 5.91. The lowest BCUT2D eigenvalue weighted by atomic mass is 10.3. The van der Waals surface area contributed by atoms with Crippen LogP contribution >= 0.6 is 0 Å². The zero-order valence-corrected chi connectivity index (χ0v) is 7.69. The molecule has 0 radical (unpaired) electrons. The van der Waals surface area contributed by atoms with Crippen molar-refractivity contribution in [3.63, 3.8) is 0 Å². The largest absolute Gasteiger partial charge is 0.384 e. The van der Waals surface area contributed by atoms with Crippen molar-refractivity contribution in [2.24, 2.45) is 10.7 Å². The van der Waals surface area contributed by atoms with Crippen molar-refractivity contribution in [2.75, 3.05) is 7.05 Å². The van der Waals surface area contributed by atoms with Crippen molar-refractivity contribution in [3.8, 4) is 0 Å². The molecule has 0 fully saturated rings. The van der Waals surface area contributed by atoms with Crippen molar-refractivity contribution < 1.29 is 4.79 Å². The summed E-state index contributed by atoms with van der Waals surface area (Å²) in [6.07, 6.45) is 3.96. The standard InChI is InChI=1S/C8H15N3O/c1-7(2)11(6-12)5-4-8(9)10-3/h4-7H,1-3H3,(H2,9,10)/b5-4-. The molecule has 0 rings (SSSR count). The molecular weight excluding hydrogens is 154 g/mol. The first-order valence-corrected chi connectivity index (χ1v) is 3.75. The van der Waals surface area contributed by atoms with Crippen LogP contribution in [0.25, 0.3) is 0 Å². The smallest absolute Gasteiger partial charge is 0.213 e. The Morgan fingerprint density at radius 3 is 2.50 bits per heavy atom. The second kappa shape index (κ2) is 5.35. The van der Waals surface area contributed by atoms with Gasteiger partial charge in [0.1, 0.15) is 5.84 Å². The molecule has 0 spiro atoms. The topological polar surface area (TPSA) is 58.7 Å². The molecule has 68 valence electrons. The Kier molecular flexibility index (Phi) is 4.76. The average molecular weight is 169 g/mol. The van der Waals surface area contributed by atoms with Crippen LogP contribution < -0.4 is 5.73 Å². The molecule has 0 heterocycles. The van der Waals surface area contributed by atoms with Crippen LogP contribution in [0.1, 0.15) is 13.8 Å². The second-order valence-electron chi connectivity index (χ2n) is 2.61. The third kappa shape index (κ3) is 3.75. The molecule has 0 aliphatic rings. The van der Waals surface area contributed by atoms with Gasteiger partial charge in [-0.2, -0.15) is 0 Å². The zero-order chi connectivity index (χ0) is 9.56. The normalized spacial score (nSPS) is 12.5. The highest BCUT2D eigenvalue weighted by atomic mass is 16.1. The van der Waals surface area contributed by atoms with Gasteiger partial charge < -0.3 is 10.6 Å². The lowest BCUT2D eigenvalue weighted by molar-refractivity contribution is -0.117. The van der Waals surface area contributed by atoms with Gasteiger partial charge in [-0.15, -0.1) is 0 Å². The van der Waals surface area contributed by atoms with Crippen LogP contribution in [0.4, 0.5) is 0 Å². The Morgan fingerprint density at radius 1 is 1.58 bits per heavy atom. The van der Waals surface area contributed by atoms with Gasteiger partial charge in [0.2, 0.25) is 6.41 Å². The first-order valence-electron chi connectivity index (χ1n) is 3.75. The van der Waals surface area contributed by atoms with Gasteiger partial charge in [-0.1, -0.05) is 0 Å². The fourth-order valence-electron chi connectivity index (χ4n) is 0.566. The van der Waals surface area contributed by atoms with Crippen molar-refractivity contribution >= 4 is 12.2 Å². The number of hydrogen-bond donors (Lipinski definition) is 1. The van der Waals surface area contributed by atoms with Crippen molar-refractivity contribution in [1.29, 1.82) is 0 Å². The number of hydrogen-bond acceptors (Lipinski definition) is 2. The van der Waals surface area contributed by atoms with Gasteiger partial charge >= 0.3 is 0 Å². The van der Waals surface area contributed by atoms with Crippen LogP contribution in [0.5, 0.6) is 0 Å². The number of rotatable bonds is 4. The number of nitrogens with two attached hydrogens (primary N) is 1. The van der Waals surface area contributed by atoms with E-state index in [0.717, 1.165) is 6.41 Å². The quantitative estimate of drug-likeness (QED) is 0.375. The first kappa shape index (κ1) is 10.7. The second-order valence-corrected chi connectivity index (χ2v) is 2.61. The van der Waals surface area contributed by atoms with E-state index in [4.69, 9.17) is 5.73 Å². The lowest BCUT2D eigenvalue weighted by Crippen LogP contribution is -2.24. The van der Waals surface area contributed by atoms with Crippen LogP contribution in [0.3, 0.4) is 0 Å².